The number of benzene rings is 1. The summed E-state index contributed by atoms with van der Waals surface area (Å²) in [4.78, 5) is 4.36. The molecule has 0 saturated carbocycles. The molecule has 0 saturated heterocycles. The van der Waals surface area contributed by atoms with Crippen molar-refractivity contribution in [3.63, 3.8) is 0 Å². The highest BCUT2D eigenvalue weighted by molar-refractivity contribution is 6.05. The fraction of sp³-hybridized carbons (Fsp3) is 0.368. The van der Waals surface area contributed by atoms with Gasteiger partial charge in [-0.1, -0.05) is 13.8 Å². The number of rotatable bonds is 7. The average molecular weight is 344 g/mol. The highest BCUT2D eigenvalue weighted by atomic mass is 16.5. The first-order chi connectivity index (χ1) is 12.1. The molecule has 25 heavy (non-hydrogen) atoms. The Hall–Kier alpha value is -2.76. The van der Waals surface area contributed by atoms with Crippen LogP contribution in [-0.2, 0) is 6.54 Å². The maximum Gasteiger partial charge on any atom is 0.137 e. The van der Waals surface area contributed by atoms with Crippen LogP contribution in [0.4, 0.5) is 11.5 Å². The van der Waals surface area contributed by atoms with Crippen LogP contribution in [0.15, 0.2) is 30.5 Å². The van der Waals surface area contributed by atoms with Gasteiger partial charge in [-0.15, -0.1) is 0 Å². The van der Waals surface area contributed by atoms with Crippen molar-refractivity contribution in [1.82, 2.24) is 4.98 Å². The molecule has 0 spiro atoms. The van der Waals surface area contributed by atoms with Gasteiger partial charge in [0.1, 0.15) is 17.3 Å². The van der Waals surface area contributed by atoms with E-state index in [0.717, 1.165) is 28.3 Å². The van der Waals surface area contributed by atoms with Gasteiger partial charge < -0.3 is 25.5 Å². The van der Waals surface area contributed by atoms with Gasteiger partial charge in [0.25, 0.3) is 0 Å². The molecule has 1 heterocycles. The summed E-state index contributed by atoms with van der Waals surface area (Å²) in [6.07, 6.45) is 1.71. The lowest BCUT2D eigenvalue weighted by Gasteiger charge is -2.15. The second-order valence-electron chi connectivity index (χ2n) is 4.99. The minimum Gasteiger partial charge on any atom is -0.497 e. The molecule has 0 aliphatic rings. The lowest BCUT2D eigenvalue weighted by molar-refractivity contribution is 0.391. The highest BCUT2D eigenvalue weighted by Crippen LogP contribution is 2.27. The van der Waals surface area contributed by atoms with Gasteiger partial charge in [-0.25, -0.2) is 4.98 Å². The monoisotopic (exact) mass is 344 g/mol. The third kappa shape index (κ3) is 5.11. The molecule has 0 unspecified atom stereocenters. The third-order valence-electron chi connectivity index (χ3n) is 3.54. The predicted molar refractivity (Wildman–Crippen MR) is 105 cm³/mol. The van der Waals surface area contributed by atoms with Crippen LogP contribution in [0.2, 0.25) is 0 Å². The van der Waals surface area contributed by atoms with Crippen molar-refractivity contribution in [2.24, 2.45) is 0 Å². The van der Waals surface area contributed by atoms with E-state index in [2.05, 4.69) is 15.6 Å². The first-order valence-electron chi connectivity index (χ1n) is 8.27. The molecule has 2 rings (SSSR count). The van der Waals surface area contributed by atoms with Gasteiger partial charge in [-0.2, -0.15) is 0 Å². The van der Waals surface area contributed by atoms with Crippen LogP contribution in [0.25, 0.3) is 0 Å². The van der Waals surface area contributed by atoms with Gasteiger partial charge in [-0.05, 0) is 25.1 Å². The molecular weight excluding hydrogens is 316 g/mol. The first kappa shape index (κ1) is 20.3. The van der Waals surface area contributed by atoms with Crippen LogP contribution in [0.5, 0.6) is 11.5 Å². The molecule has 3 N–H and O–H groups in total. The highest BCUT2D eigenvalue weighted by Gasteiger charge is 2.12. The van der Waals surface area contributed by atoms with Gasteiger partial charge >= 0.3 is 0 Å². The number of anilines is 2. The lowest BCUT2D eigenvalue weighted by atomic mass is 10.1. The molecule has 6 heteroatoms. The average Bonchev–Trinajstić information content (AvgIpc) is 2.67. The van der Waals surface area contributed by atoms with Crippen molar-refractivity contribution < 1.29 is 9.47 Å². The zero-order valence-corrected chi connectivity index (χ0v) is 15.9. The molecule has 0 bridgehead atoms. The number of methoxy groups -OCH3 is 2. The number of hydrogen-bond acceptors (Lipinski definition) is 6. The van der Waals surface area contributed by atoms with E-state index in [9.17, 15) is 0 Å². The topological polar surface area (TPSA) is 79.3 Å². The van der Waals surface area contributed by atoms with Crippen LogP contribution < -0.4 is 20.1 Å². The quantitative estimate of drug-likeness (QED) is 0.657. The lowest BCUT2D eigenvalue weighted by Crippen LogP contribution is -2.10. The Morgan fingerprint density at radius 3 is 2.44 bits per heavy atom. The first-order valence-corrected chi connectivity index (χ1v) is 8.27. The van der Waals surface area contributed by atoms with Crippen molar-refractivity contribution in [3.05, 3.63) is 41.6 Å². The molecule has 2 aromatic rings. The molecule has 0 amide bonds. The van der Waals surface area contributed by atoms with Gasteiger partial charge in [0.05, 0.1) is 19.8 Å². The second kappa shape index (κ2) is 10.2. The molecular formula is C19H28N4O2. The Bertz CT molecular complexity index is 702. The van der Waals surface area contributed by atoms with E-state index >= 15 is 0 Å². The molecule has 6 nitrogen and oxygen atoms in total. The number of hydrogen-bond donors (Lipinski definition) is 3. The van der Waals surface area contributed by atoms with E-state index in [1.165, 1.54) is 0 Å². The third-order valence-corrected chi connectivity index (χ3v) is 3.54. The Balaban J connectivity index is 0.00000151. The van der Waals surface area contributed by atoms with Crippen LogP contribution >= 0.6 is 0 Å². The molecule has 0 radical (unpaired) electrons. The van der Waals surface area contributed by atoms with Crippen molar-refractivity contribution in [3.8, 4) is 11.5 Å². The Kier molecular flexibility index (Phi) is 8.26. The van der Waals surface area contributed by atoms with Crippen LogP contribution in [0, 0.1) is 5.41 Å². The zero-order valence-electron chi connectivity index (χ0n) is 15.9. The fourth-order valence-corrected chi connectivity index (χ4v) is 2.36. The molecule has 136 valence electrons. The Morgan fingerprint density at radius 2 is 1.88 bits per heavy atom. The van der Waals surface area contributed by atoms with Crippen molar-refractivity contribution in [2.75, 3.05) is 31.9 Å². The van der Waals surface area contributed by atoms with Crippen molar-refractivity contribution in [2.45, 2.75) is 27.3 Å². The van der Waals surface area contributed by atoms with E-state index in [0.29, 0.717) is 18.1 Å². The van der Waals surface area contributed by atoms with Gasteiger partial charge in [0, 0.05) is 42.8 Å². The molecule has 0 aliphatic carbocycles. The smallest absolute Gasteiger partial charge is 0.137 e. The van der Waals surface area contributed by atoms with E-state index in [-0.39, 0.29) is 0 Å². The standard InChI is InChI=1S/C17H22N4O2.C2H6/c1-11(18)16-14(19-2)7-8-20-17(16)21-10-12-5-6-13(22-3)9-15(12)23-4;1-2/h5-9,18H,10H2,1-4H3,(H2,19,20,21);1-2H3. The SMILES string of the molecule is CC.CNc1ccnc(NCc2ccc(OC)cc2OC)c1C(C)=N. The Morgan fingerprint density at radius 1 is 1.16 bits per heavy atom. The minimum atomic E-state index is 0.451. The number of pyridine rings is 1. The molecule has 0 aliphatic heterocycles. The summed E-state index contributed by atoms with van der Waals surface area (Å²) in [5.41, 5.74) is 3.07. The molecule has 1 aromatic heterocycles. The van der Waals surface area contributed by atoms with E-state index in [4.69, 9.17) is 14.9 Å². The molecule has 0 atom stereocenters. The number of nitrogens with one attached hydrogen (secondary N) is 3. The Labute approximate surface area is 150 Å². The largest absolute Gasteiger partial charge is 0.497 e. The minimum absolute atomic E-state index is 0.451. The van der Waals surface area contributed by atoms with Crippen LogP contribution in [0.1, 0.15) is 31.9 Å². The predicted octanol–water partition coefficient (Wildman–Crippen LogP) is 4.17. The summed E-state index contributed by atoms with van der Waals surface area (Å²) in [5, 5.41) is 14.3. The number of aromatic nitrogens is 1. The summed E-state index contributed by atoms with van der Waals surface area (Å²) < 4.78 is 10.6. The second-order valence-corrected chi connectivity index (χ2v) is 4.99. The fourth-order valence-electron chi connectivity index (χ4n) is 2.36. The summed E-state index contributed by atoms with van der Waals surface area (Å²) >= 11 is 0. The van der Waals surface area contributed by atoms with E-state index in [1.54, 1.807) is 27.3 Å². The number of ether oxygens (including phenoxy) is 2. The summed E-state index contributed by atoms with van der Waals surface area (Å²) in [6.45, 7) is 6.28. The molecule has 1 aromatic carbocycles. The summed E-state index contributed by atoms with van der Waals surface area (Å²) in [5.74, 6) is 2.16. The normalized spacial score (nSPS) is 9.52. The van der Waals surface area contributed by atoms with Gasteiger partial charge in [-0.3, -0.25) is 0 Å². The van der Waals surface area contributed by atoms with Crippen molar-refractivity contribution >= 4 is 17.2 Å². The maximum absolute atomic E-state index is 7.97. The summed E-state index contributed by atoms with van der Waals surface area (Å²) in [6, 6.07) is 7.53. The van der Waals surface area contributed by atoms with E-state index < -0.39 is 0 Å². The van der Waals surface area contributed by atoms with Crippen LogP contribution in [-0.4, -0.2) is 32.0 Å². The maximum atomic E-state index is 7.97. The zero-order chi connectivity index (χ0) is 18.8. The van der Waals surface area contributed by atoms with Gasteiger partial charge in [0.2, 0.25) is 0 Å². The van der Waals surface area contributed by atoms with Gasteiger partial charge in [0.15, 0.2) is 0 Å². The summed E-state index contributed by atoms with van der Waals surface area (Å²) in [7, 11) is 5.09. The number of nitrogens with zero attached hydrogens (tertiary/aromatic N) is 1. The molecule has 0 fully saturated rings. The van der Waals surface area contributed by atoms with Crippen molar-refractivity contribution in [1.29, 1.82) is 5.41 Å². The van der Waals surface area contributed by atoms with E-state index in [1.807, 2.05) is 45.2 Å². The van der Waals surface area contributed by atoms with Crippen LogP contribution in [0.3, 0.4) is 0 Å².